The molecule has 0 unspecified atom stereocenters. The summed E-state index contributed by atoms with van der Waals surface area (Å²) in [6.45, 7) is 5.80. The van der Waals surface area contributed by atoms with Crippen LogP contribution in [0.25, 0.3) is 10.4 Å². The number of carbonyl (C=O) groups is 1. The standard InChI is InChI=1S/C21H26N2O2S/c1-14-12-19(26-20(14)21(25)23-10-2-3-11-23)17-5-4-16(13-18(17)24)15-6-8-22-9-7-15/h4-5,12-13,15,22,24H,2-3,6-11H2,1H3. The summed E-state index contributed by atoms with van der Waals surface area (Å²) in [7, 11) is 0. The molecule has 26 heavy (non-hydrogen) atoms. The summed E-state index contributed by atoms with van der Waals surface area (Å²) in [5.41, 5.74) is 3.05. The van der Waals surface area contributed by atoms with Crippen molar-refractivity contribution in [2.75, 3.05) is 26.2 Å². The Bertz CT molecular complexity index is 802. The molecule has 2 aliphatic heterocycles. The van der Waals surface area contributed by atoms with E-state index < -0.39 is 0 Å². The molecule has 0 radical (unpaired) electrons. The van der Waals surface area contributed by atoms with E-state index in [4.69, 9.17) is 0 Å². The van der Waals surface area contributed by atoms with Crippen molar-refractivity contribution in [2.24, 2.45) is 0 Å². The molecule has 0 aliphatic carbocycles. The number of aryl methyl sites for hydroxylation is 1. The topological polar surface area (TPSA) is 52.6 Å². The molecule has 2 aromatic rings. The third-order valence-corrected chi connectivity index (χ3v) is 6.86. The van der Waals surface area contributed by atoms with Gasteiger partial charge in [-0.25, -0.2) is 0 Å². The smallest absolute Gasteiger partial charge is 0.264 e. The van der Waals surface area contributed by atoms with Crippen molar-refractivity contribution in [3.63, 3.8) is 0 Å². The monoisotopic (exact) mass is 370 g/mol. The molecule has 0 atom stereocenters. The highest BCUT2D eigenvalue weighted by molar-refractivity contribution is 7.17. The Morgan fingerprint density at radius 3 is 2.62 bits per heavy atom. The quantitative estimate of drug-likeness (QED) is 0.854. The lowest BCUT2D eigenvalue weighted by Gasteiger charge is -2.23. The number of carbonyl (C=O) groups excluding carboxylic acids is 1. The van der Waals surface area contributed by atoms with Gasteiger partial charge in [0.25, 0.3) is 5.91 Å². The second-order valence-electron chi connectivity index (χ2n) is 7.42. The van der Waals surface area contributed by atoms with Gasteiger partial charge in [0.2, 0.25) is 0 Å². The zero-order valence-electron chi connectivity index (χ0n) is 15.3. The Morgan fingerprint density at radius 2 is 1.92 bits per heavy atom. The molecule has 2 aliphatic rings. The second kappa shape index (κ2) is 7.41. The number of nitrogens with zero attached hydrogens (tertiary/aromatic N) is 1. The minimum absolute atomic E-state index is 0.141. The second-order valence-corrected chi connectivity index (χ2v) is 8.48. The van der Waals surface area contributed by atoms with Gasteiger partial charge in [-0.05, 0) is 80.9 Å². The van der Waals surface area contributed by atoms with Crippen LogP contribution in [0.15, 0.2) is 24.3 Å². The Morgan fingerprint density at radius 1 is 1.19 bits per heavy atom. The third kappa shape index (κ3) is 3.38. The summed E-state index contributed by atoms with van der Waals surface area (Å²) in [4.78, 5) is 16.5. The van der Waals surface area contributed by atoms with Crippen LogP contribution in [0, 0.1) is 6.92 Å². The van der Waals surface area contributed by atoms with Crippen LogP contribution in [0.5, 0.6) is 5.75 Å². The SMILES string of the molecule is Cc1cc(-c2ccc(C3CCNCC3)cc2O)sc1C(=O)N1CCCC1. The van der Waals surface area contributed by atoms with E-state index in [1.165, 1.54) is 16.9 Å². The van der Waals surface area contributed by atoms with E-state index in [1.807, 2.05) is 30.0 Å². The molecule has 0 spiro atoms. The minimum atomic E-state index is 0.141. The molecule has 3 heterocycles. The van der Waals surface area contributed by atoms with Crippen LogP contribution in [-0.2, 0) is 0 Å². The number of hydrogen-bond acceptors (Lipinski definition) is 4. The predicted molar refractivity (Wildman–Crippen MR) is 106 cm³/mol. The van der Waals surface area contributed by atoms with Gasteiger partial charge in [-0.3, -0.25) is 4.79 Å². The molecule has 0 bridgehead atoms. The number of phenolic OH excluding ortho intramolecular Hbond substituents is 1. The highest BCUT2D eigenvalue weighted by Crippen LogP contribution is 2.39. The molecule has 2 saturated heterocycles. The summed E-state index contributed by atoms with van der Waals surface area (Å²) in [6, 6.07) is 8.11. The first-order valence-electron chi connectivity index (χ1n) is 9.57. The number of aromatic hydroxyl groups is 1. The maximum Gasteiger partial charge on any atom is 0.264 e. The number of benzene rings is 1. The molecule has 1 aromatic heterocycles. The van der Waals surface area contributed by atoms with Crippen LogP contribution in [0.2, 0.25) is 0 Å². The van der Waals surface area contributed by atoms with Crippen molar-refractivity contribution < 1.29 is 9.90 Å². The molecule has 0 saturated carbocycles. The summed E-state index contributed by atoms with van der Waals surface area (Å²) in [5, 5.41) is 14.0. The molecule has 2 N–H and O–H groups in total. The maximum absolute atomic E-state index is 12.7. The van der Waals surface area contributed by atoms with E-state index in [0.717, 1.165) is 72.7 Å². The fourth-order valence-corrected chi connectivity index (χ4v) is 5.23. The Hall–Kier alpha value is -1.85. The highest BCUT2D eigenvalue weighted by atomic mass is 32.1. The fraction of sp³-hybridized carbons (Fsp3) is 0.476. The van der Waals surface area contributed by atoms with Crippen LogP contribution in [0.4, 0.5) is 0 Å². The molecular weight excluding hydrogens is 344 g/mol. The summed E-state index contributed by atoms with van der Waals surface area (Å²) in [6.07, 6.45) is 4.43. The van der Waals surface area contributed by atoms with Crippen molar-refractivity contribution in [2.45, 2.75) is 38.5 Å². The fourth-order valence-electron chi connectivity index (χ4n) is 4.06. The minimum Gasteiger partial charge on any atom is -0.507 e. The van der Waals surface area contributed by atoms with Gasteiger partial charge >= 0.3 is 0 Å². The average Bonchev–Trinajstić information content (AvgIpc) is 3.32. The average molecular weight is 371 g/mol. The van der Waals surface area contributed by atoms with Crippen molar-refractivity contribution in [1.29, 1.82) is 0 Å². The molecule has 138 valence electrons. The van der Waals surface area contributed by atoms with Crippen LogP contribution in [-0.4, -0.2) is 42.1 Å². The zero-order chi connectivity index (χ0) is 18.1. The lowest BCUT2D eigenvalue weighted by molar-refractivity contribution is 0.0797. The number of phenols is 1. The Kier molecular flexibility index (Phi) is 5.00. The first-order chi connectivity index (χ1) is 12.6. The molecule has 4 nitrogen and oxygen atoms in total. The molecule has 4 rings (SSSR count). The predicted octanol–water partition coefficient (Wildman–Crippen LogP) is 4.13. The van der Waals surface area contributed by atoms with E-state index in [2.05, 4.69) is 11.4 Å². The Balaban J connectivity index is 1.59. The van der Waals surface area contributed by atoms with E-state index >= 15 is 0 Å². The van der Waals surface area contributed by atoms with Gasteiger partial charge in [-0.1, -0.05) is 6.07 Å². The van der Waals surface area contributed by atoms with Crippen LogP contribution in [0.3, 0.4) is 0 Å². The molecule has 1 amide bonds. The van der Waals surface area contributed by atoms with Crippen LogP contribution >= 0.6 is 11.3 Å². The number of thiophene rings is 1. The summed E-state index contributed by atoms with van der Waals surface area (Å²) < 4.78 is 0. The Labute approximate surface area is 158 Å². The van der Waals surface area contributed by atoms with E-state index in [-0.39, 0.29) is 5.91 Å². The van der Waals surface area contributed by atoms with E-state index in [9.17, 15) is 9.90 Å². The van der Waals surface area contributed by atoms with Crippen LogP contribution in [0.1, 0.15) is 52.4 Å². The van der Waals surface area contributed by atoms with Gasteiger partial charge in [-0.2, -0.15) is 0 Å². The third-order valence-electron chi connectivity index (χ3n) is 5.60. The first-order valence-corrected chi connectivity index (χ1v) is 10.4. The number of amides is 1. The van der Waals surface area contributed by atoms with Crippen molar-refractivity contribution >= 4 is 17.2 Å². The lowest BCUT2D eigenvalue weighted by atomic mass is 9.89. The van der Waals surface area contributed by atoms with E-state index in [1.54, 1.807) is 0 Å². The summed E-state index contributed by atoms with van der Waals surface area (Å²) in [5.74, 6) is 0.984. The van der Waals surface area contributed by atoms with Crippen molar-refractivity contribution in [3.05, 3.63) is 40.3 Å². The van der Waals surface area contributed by atoms with Gasteiger partial charge in [-0.15, -0.1) is 11.3 Å². The van der Waals surface area contributed by atoms with Gasteiger partial charge < -0.3 is 15.3 Å². The lowest BCUT2D eigenvalue weighted by Crippen LogP contribution is -2.27. The maximum atomic E-state index is 12.7. The molecular formula is C21H26N2O2S. The normalized spacial score (nSPS) is 18.4. The van der Waals surface area contributed by atoms with Gasteiger partial charge in [0, 0.05) is 23.5 Å². The first kappa shape index (κ1) is 17.6. The number of hydrogen-bond donors (Lipinski definition) is 2. The number of rotatable bonds is 3. The van der Waals surface area contributed by atoms with Gasteiger partial charge in [0.05, 0.1) is 4.88 Å². The molecule has 1 aromatic carbocycles. The van der Waals surface area contributed by atoms with Gasteiger partial charge in [0.1, 0.15) is 5.75 Å². The van der Waals surface area contributed by atoms with Crippen molar-refractivity contribution in [1.82, 2.24) is 10.2 Å². The zero-order valence-corrected chi connectivity index (χ0v) is 16.1. The van der Waals surface area contributed by atoms with Crippen molar-refractivity contribution in [3.8, 4) is 16.2 Å². The molecule has 2 fully saturated rings. The number of likely N-dealkylation sites (tertiary alicyclic amines) is 1. The number of nitrogens with one attached hydrogen (secondary N) is 1. The van der Waals surface area contributed by atoms with Crippen LogP contribution < -0.4 is 5.32 Å². The van der Waals surface area contributed by atoms with Gasteiger partial charge in [0.15, 0.2) is 0 Å². The van der Waals surface area contributed by atoms with E-state index in [0.29, 0.717) is 11.7 Å². The summed E-state index contributed by atoms with van der Waals surface area (Å²) >= 11 is 1.50. The highest BCUT2D eigenvalue weighted by Gasteiger charge is 2.24. The number of piperidine rings is 1. The largest absolute Gasteiger partial charge is 0.507 e. The molecule has 5 heteroatoms.